The first kappa shape index (κ1) is 21.9. The summed E-state index contributed by atoms with van der Waals surface area (Å²) in [6.45, 7) is 2.20. The van der Waals surface area contributed by atoms with Crippen LogP contribution in [-0.2, 0) is 12.4 Å². The number of aromatic nitrogens is 3. The lowest BCUT2D eigenvalue weighted by molar-refractivity contribution is -0.385. The zero-order valence-corrected chi connectivity index (χ0v) is 18.7. The molecule has 4 aromatic rings. The Kier molecular flexibility index (Phi) is 6.72. The Bertz CT molecular complexity index is 1250. The Morgan fingerprint density at radius 2 is 1.78 bits per heavy atom. The van der Waals surface area contributed by atoms with Gasteiger partial charge in [0.25, 0.3) is 5.69 Å². The van der Waals surface area contributed by atoms with Crippen LogP contribution in [0.5, 0.6) is 5.75 Å². The molecule has 7 nitrogen and oxygen atoms in total. The van der Waals surface area contributed by atoms with Gasteiger partial charge in [0.15, 0.2) is 11.0 Å². The van der Waals surface area contributed by atoms with Crippen LogP contribution in [0.4, 0.5) is 5.69 Å². The average Bonchev–Trinajstić information content (AvgIpc) is 3.21. The highest BCUT2D eigenvalue weighted by Gasteiger charge is 2.20. The van der Waals surface area contributed by atoms with Crippen molar-refractivity contribution in [2.75, 3.05) is 0 Å². The van der Waals surface area contributed by atoms with Crippen molar-refractivity contribution in [3.63, 3.8) is 0 Å². The molecular formula is C23H19ClN4O3S. The maximum Gasteiger partial charge on any atom is 0.274 e. The summed E-state index contributed by atoms with van der Waals surface area (Å²) in [7, 11) is 0. The van der Waals surface area contributed by atoms with Gasteiger partial charge in [-0.2, -0.15) is 0 Å². The molecule has 1 heterocycles. The molecule has 0 fully saturated rings. The molecule has 162 valence electrons. The molecule has 32 heavy (non-hydrogen) atoms. The Hall–Kier alpha value is -3.36. The normalized spacial score (nSPS) is 10.8. The van der Waals surface area contributed by atoms with Crippen LogP contribution in [-0.4, -0.2) is 19.7 Å². The number of nitro groups is 1. The second-order valence-corrected chi connectivity index (χ2v) is 8.26. The van der Waals surface area contributed by atoms with E-state index in [1.54, 1.807) is 12.1 Å². The van der Waals surface area contributed by atoms with E-state index in [-0.39, 0.29) is 18.0 Å². The molecule has 0 amide bonds. The predicted molar refractivity (Wildman–Crippen MR) is 125 cm³/mol. The Morgan fingerprint density at radius 1 is 1.03 bits per heavy atom. The van der Waals surface area contributed by atoms with Crippen LogP contribution in [0, 0.1) is 17.0 Å². The van der Waals surface area contributed by atoms with Gasteiger partial charge in [-0.25, -0.2) is 0 Å². The number of hydrogen-bond donors (Lipinski definition) is 0. The summed E-state index contributed by atoms with van der Waals surface area (Å²) in [6, 6.07) is 22.1. The molecule has 0 spiro atoms. The number of thioether (sulfide) groups is 1. The molecule has 1 aromatic heterocycles. The summed E-state index contributed by atoms with van der Waals surface area (Å²) in [5.41, 5.74) is 2.33. The largest absolute Gasteiger partial charge is 0.485 e. The van der Waals surface area contributed by atoms with Crippen molar-refractivity contribution >= 4 is 29.1 Å². The van der Waals surface area contributed by atoms with E-state index < -0.39 is 4.92 Å². The SMILES string of the molecule is Cc1ccccc1OCc1nnc(SCc2c(Cl)cccc2[N+](=O)[O-])n1-c1ccccc1. The van der Waals surface area contributed by atoms with Crippen molar-refractivity contribution in [3.8, 4) is 11.4 Å². The molecule has 4 rings (SSSR count). The van der Waals surface area contributed by atoms with Crippen LogP contribution in [0.2, 0.25) is 5.02 Å². The third-order valence-electron chi connectivity index (χ3n) is 4.80. The van der Waals surface area contributed by atoms with E-state index in [4.69, 9.17) is 16.3 Å². The topological polar surface area (TPSA) is 83.1 Å². The van der Waals surface area contributed by atoms with Gasteiger partial charge in [-0.1, -0.05) is 65.8 Å². The highest BCUT2D eigenvalue weighted by Crippen LogP contribution is 2.33. The van der Waals surface area contributed by atoms with Crippen molar-refractivity contribution < 1.29 is 9.66 Å². The highest BCUT2D eigenvalue weighted by molar-refractivity contribution is 7.98. The summed E-state index contributed by atoms with van der Waals surface area (Å²) in [4.78, 5) is 11.0. The minimum atomic E-state index is -0.425. The molecule has 0 radical (unpaired) electrons. The monoisotopic (exact) mass is 466 g/mol. The molecular weight excluding hydrogens is 448 g/mol. The van der Waals surface area contributed by atoms with Crippen LogP contribution in [0.1, 0.15) is 17.0 Å². The number of nitrogens with zero attached hydrogens (tertiary/aromatic N) is 4. The van der Waals surface area contributed by atoms with Crippen LogP contribution in [0.25, 0.3) is 5.69 Å². The molecule has 0 N–H and O–H groups in total. The van der Waals surface area contributed by atoms with E-state index in [9.17, 15) is 10.1 Å². The highest BCUT2D eigenvalue weighted by atomic mass is 35.5. The van der Waals surface area contributed by atoms with Crippen LogP contribution in [0.3, 0.4) is 0 Å². The molecule has 0 atom stereocenters. The van der Waals surface area contributed by atoms with Gasteiger partial charge in [-0.05, 0) is 36.8 Å². The predicted octanol–water partition coefficient (Wildman–Crippen LogP) is 6.01. The summed E-state index contributed by atoms with van der Waals surface area (Å²) in [5.74, 6) is 1.67. The number of hydrogen-bond acceptors (Lipinski definition) is 6. The third-order valence-corrected chi connectivity index (χ3v) is 6.11. The van der Waals surface area contributed by atoms with Gasteiger partial charge in [0.2, 0.25) is 0 Å². The number of ether oxygens (including phenoxy) is 1. The van der Waals surface area contributed by atoms with Crippen LogP contribution >= 0.6 is 23.4 Å². The maximum absolute atomic E-state index is 11.4. The molecule has 0 saturated heterocycles. The van der Waals surface area contributed by atoms with E-state index in [0.29, 0.717) is 21.6 Å². The number of halogens is 1. The number of benzene rings is 3. The number of rotatable bonds is 8. The molecule has 0 bridgehead atoms. The van der Waals surface area contributed by atoms with Gasteiger partial charge in [-0.15, -0.1) is 10.2 Å². The lowest BCUT2D eigenvalue weighted by Crippen LogP contribution is -2.07. The van der Waals surface area contributed by atoms with E-state index in [2.05, 4.69) is 10.2 Å². The summed E-state index contributed by atoms with van der Waals surface area (Å²) in [5, 5.41) is 21.0. The molecule has 0 aliphatic rings. The average molecular weight is 467 g/mol. The fourth-order valence-corrected chi connectivity index (χ4v) is 4.51. The summed E-state index contributed by atoms with van der Waals surface area (Å²) in [6.07, 6.45) is 0. The third kappa shape index (κ3) is 4.76. The number of para-hydroxylation sites is 2. The lowest BCUT2D eigenvalue weighted by Gasteiger charge is -2.12. The van der Waals surface area contributed by atoms with Gasteiger partial charge in [0, 0.05) is 17.5 Å². The Morgan fingerprint density at radius 3 is 2.53 bits per heavy atom. The Balaban J connectivity index is 1.63. The van der Waals surface area contributed by atoms with E-state index in [0.717, 1.165) is 17.0 Å². The quantitative estimate of drug-likeness (QED) is 0.180. The molecule has 9 heteroatoms. The zero-order chi connectivity index (χ0) is 22.5. The van der Waals surface area contributed by atoms with Crippen molar-refractivity contribution in [1.82, 2.24) is 14.8 Å². The van der Waals surface area contributed by atoms with Gasteiger partial charge in [-0.3, -0.25) is 14.7 Å². The number of aryl methyl sites for hydroxylation is 1. The summed E-state index contributed by atoms with van der Waals surface area (Å²) < 4.78 is 7.88. The van der Waals surface area contributed by atoms with Crippen molar-refractivity contribution in [2.45, 2.75) is 24.4 Å². The Labute approximate surface area is 194 Å². The van der Waals surface area contributed by atoms with Crippen LogP contribution in [0.15, 0.2) is 78.0 Å². The van der Waals surface area contributed by atoms with Crippen molar-refractivity contribution in [1.29, 1.82) is 0 Å². The van der Waals surface area contributed by atoms with Crippen molar-refractivity contribution in [2.24, 2.45) is 0 Å². The van der Waals surface area contributed by atoms with Gasteiger partial charge in [0.05, 0.1) is 15.5 Å². The first-order chi connectivity index (χ1) is 15.5. The maximum atomic E-state index is 11.4. The zero-order valence-electron chi connectivity index (χ0n) is 17.1. The van der Waals surface area contributed by atoms with Gasteiger partial charge in [0.1, 0.15) is 12.4 Å². The van der Waals surface area contributed by atoms with Crippen LogP contribution < -0.4 is 4.74 Å². The summed E-state index contributed by atoms with van der Waals surface area (Å²) >= 11 is 7.58. The minimum absolute atomic E-state index is 0.0149. The van der Waals surface area contributed by atoms with Gasteiger partial charge < -0.3 is 4.74 Å². The lowest BCUT2D eigenvalue weighted by atomic mass is 10.2. The minimum Gasteiger partial charge on any atom is -0.485 e. The molecule has 0 saturated carbocycles. The second kappa shape index (κ2) is 9.84. The van der Waals surface area contributed by atoms with Gasteiger partial charge >= 0.3 is 0 Å². The van der Waals surface area contributed by atoms with E-state index >= 15 is 0 Å². The molecule has 0 aliphatic heterocycles. The first-order valence-electron chi connectivity index (χ1n) is 9.77. The van der Waals surface area contributed by atoms with E-state index in [1.165, 1.54) is 17.8 Å². The molecule has 3 aromatic carbocycles. The van der Waals surface area contributed by atoms with E-state index in [1.807, 2.05) is 66.1 Å². The number of nitro benzene ring substituents is 1. The first-order valence-corrected chi connectivity index (χ1v) is 11.1. The molecule has 0 unspecified atom stereocenters. The smallest absolute Gasteiger partial charge is 0.274 e. The van der Waals surface area contributed by atoms with Crippen molar-refractivity contribution in [3.05, 3.63) is 105 Å². The standard InChI is InChI=1S/C23H19ClN4O3S/c1-16-8-5-6-13-21(16)31-14-22-25-26-23(27(22)17-9-3-2-4-10-17)32-15-18-19(24)11-7-12-20(18)28(29)30/h2-13H,14-15H2,1H3. The second-order valence-electron chi connectivity index (χ2n) is 6.91. The fourth-order valence-electron chi connectivity index (χ4n) is 3.18. The molecule has 0 aliphatic carbocycles. The fraction of sp³-hybridized carbons (Fsp3) is 0.130.